The summed E-state index contributed by atoms with van der Waals surface area (Å²) >= 11 is 0. The molecule has 0 N–H and O–H groups in total. The lowest BCUT2D eigenvalue weighted by Gasteiger charge is -2.16. The molecule has 2 aliphatic heterocycles. The molecule has 0 spiro atoms. The summed E-state index contributed by atoms with van der Waals surface area (Å²) in [6.45, 7) is 0.544. The Labute approximate surface area is 139 Å². The van der Waals surface area contributed by atoms with Crippen molar-refractivity contribution in [1.82, 2.24) is 4.31 Å². The first-order chi connectivity index (χ1) is 11.6. The molecule has 0 saturated carbocycles. The van der Waals surface area contributed by atoms with Crippen molar-refractivity contribution in [3.8, 4) is 0 Å². The van der Waals surface area contributed by atoms with Crippen LogP contribution in [0.5, 0.6) is 0 Å². The minimum absolute atomic E-state index is 0.0853. The second-order valence-corrected chi connectivity index (χ2v) is 7.81. The maximum atomic E-state index is 13.0. The normalized spacial score (nSPS) is 23.6. The molecule has 1 fully saturated rings. The Morgan fingerprint density at radius 3 is 2.46 bits per heavy atom. The van der Waals surface area contributed by atoms with Gasteiger partial charge in [-0.3, -0.25) is 0 Å². The van der Waals surface area contributed by atoms with Crippen LogP contribution >= 0.6 is 0 Å². The molecule has 2 heterocycles. The zero-order chi connectivity index (χ0) is 16.7. The number of oxime groups is 1. The summed E-state index contributed by atoms with van der Waals surface area (Å²) in [5.41, 5.74) is 1.71. The molecule has 0 aromatic heterocycles. The molecule has 7 heteroatoms. The lowest BCUT2D eigenvalue weighted by molar-refractivity contribution is 0.0803. The molecule has 2 aliphatic rings. The van der Waals surface area contributed by atoms with Crippen molar-refractivity contribution in [3.05, 3.63) is 66.0 Å². The van der Waals surface area contributed by atoms with Gasteiger partial charge in [0.15, 0.2) is 6.10 Å². The molecule has 4 rings (SSSR count). The second-order valence-electron chi connectivity index (χ2n) is 5.87. The molecule has 0 radical (unpaired) electrons. The van der Waals surface area contributed by atoms with E-state index >= 15 is 0 Å². The Balaban J connectivity index is 1.59. The van der Waals surface area contributed by atoms with Crippen molar-refractivity contribution in [2.24, 2.45) is 11.1 Å². The highest BCUT2D eigenvalue weighted by Gasteiger charge is 2.46. The molecule has 2 atom stereocenters. The topological polar surface area (TPSA) is 59.0 Å². The van der Waals surface area contributed by atoms with Crippen LogP contribution in [0.3, 0.4) is 0 Å². The van der Waals surface area contributed by atoms with Gasteiger partial charge in [0.2, 0.25) is 10.0 Å². The molecule has 2 aromatic carbocycles. The quantitative estimate of drug-likeness (QED) is 0.856. The molecule has 2 aromatic rings. The van der Waals surface area contributed by atoms with E-state index in [-0.39, 0.29) is 23.5 Å². The fourth-order valence-corrected chi connectivity index (χ4v) is 4.61. The van der Waals surface area contributed by atoms with Crippen LogP contribution in [0.4, 0.5) is 4.39 Å². The van der Waals surface area contributed by atoms with Gasteiger partial charge in [0, 0.05) is 6.54 Å². The van der Waals surface area contributed by atoms with E-state index in [0.29, 0.717) is 6.54 Å². The Kier molecular flexibility index (Phi) is 3.62. The predicted molar refractivity (Wildman–Crippen MR) is 86.5 cm³/mol. The average Bonchev–Trinajstić information content (AvgIpc) is 3.17. The smallest absolute Gasteiger partial charge is 0.243 e. The van der Waals surface area contributed by atoms with E-state index in [1.165, 1.54) is 16.4 Å². The summed E-state index contributed by atoms with van der Waals surface area (Å²) in [6.07, 6.45) is -0.282. The van der Waals surface area contributed by atoms with Gasteiger partial charge < -0.3 is 4.84 Å². The van der Waals surface area contributed by atoms with Gasteiger partial charge in [-0.15, -0.1) is 0 Å². The fraction of sp³-hybridized carbons (Fsp3) is 0.235. The molecule has 0 aliphatic carbocycles. The van der Waals surface area contributed by atoms with Gasteiger partial charge in [0.05, 0.1) is 23.1 Å². The molecular weight excluding hydrogens is 331 g/mol. The van der Waals surface area contributed by atoms with Gasteiger partial charge in [-0.05, 0) is 29.8 Å². The average molecular weight is 346 g/mol. The summed E-state index contributed by atoms with van der Waals surface area (Å²) in [5, 5.41) is 4.14. The number of hydrogen-bond donors (Lipinski definition) is 0. The van der Waals surface area contributed by atoms with Gasteiger partial charge in [0.1, 0.15) is 5.82 Å². The lowest BCUT2D eigenvalue weighted by Crippen LogP contribution is -2.30. The Morgan fingerprint density at radius 1 is 1.04 bits per heavy atom. The molecule has 0 amide bonds. The number of fused-ring (bicyclic) bond motifs is 1. The van der Waals surface area contributed by atoms with Gasteiger partial charge in [-0.1, -0.05) is 35.5 Å². The van der Waals surface area contributed by atoms with Crippen LogP contribution in [0.15, 0.2) is 64.6 Å². The lowest BCUT2D eigenvalue weighted by atomic mass is 9.95. The minimum atomic E-state index is -3.67. The number of sulfonamides is 1. The van der Waals surface area contributed by atoms with Crippen molar-refractivity contribution in [1.29, 1.82) is 0 Å². The van der Waals surface area contributed by atoms with Crippen LogP contribution < -0.4 is 0 Å². The first-order valence-corrected chi connectivity index (χ1v) is 9.04. The van der Waals surface area contributed by atoms with Gasteiger partial charge in [-0.25, -0.2) is 12.8 Å². The largest absolute Gasteiger partial charge is 0.390 e. The van der Waals surface area contributed by atoms with Crippen LogP contribution in [-0.2, 0) is 14.9 Å². The number of nitrogens with zero attached hydrogens (tertiary/aromatic N) is 2. The third-order valence-corrected chi connectivity index (χ3v) is 6.24. The molecule has 2 unspecified atom stereocenters. The Morgan fingerprint density at radius 2 is 1.75 bits per heavy atom. The van der Waals surface area contributed by atoms with Gasteiger partial charge >= 0.3 is 0 Å². The molecule has 24 heavy (non-hydrogen) atoms. The van der Waals surface area contributed by atoms with Crippen LogP contribution in [0.1, 0.15) is 5.56 Å². The second kappa shape index (κ2) is 5.68. The third kappa shape index (κ3) is 2.50. The maximum Gasteiger partial charge on any atom is 0.243 e. The summed E-state index contributed by atoms with van der Waals surface area (Å²) in [6, 6.07) is 14.5. The zero-order valence-corrected chi connectivity index (χ0v) is 13.5. The third-order valence-electron chi connectivity index (χ3n) is 4.39. The Hall–Kier alpha value is -2.25. The van der Waals surface area contributed by atoms with Crippen molar-refractivity contribution in [2.45, 2.75) is 11.0 Å². The highest BCUT2D eigenvalue weighted by atomic mass is 32.2. The van der Waals surface area contributed by atoms with Gasteiger partial charge in [0.25, 0.3) is 0 Å². The van der Waals surface area contributed by atoms with Gasteiger partial charge in [-0.2, -0.15) is 4.31 Å². The molecule has 1 saturated heterocycles. The van der Waals surface area contributed by atoms with E-state index in [2.05, 4.69) is 5.16 Å². The number of halogens is 1. The van der Waals surface area contributed by atoms with E-state index in [9.17, 15) is 12.8 Å². The monoisotopic (exact) mass is 346 g/mol. The van der Waals surface area contributed by atoms with E-state index in [4.69, 9.17) is 4.84 Å². The number of benzene rings is 2. The maximum absolute atomic E-state index is 13.0. The highest BCUT2D eigenvalue weighted by molar-refractivity contribution is 7.89. The van der Waals surface area contributed by atoms with E-state index < -0.39 is 15.8 Å². The van der Waals surface area contributed by atoms with Crippen LogP contribution in [0, 0.1) is 11.7 Å². The van der Waals surface area contributed by atoms with Crippen molar-refractivity contribution >= 4 is 15.7 Å². The Bertz CT molecular complexity index is 882. The van der Waals surface area contributed by atoms with Crippen LogP contribution in [-0.4, -0.2) is 37.6 Å². The van der Waals surface area contributed by atoms with Crippen molar-refractivity contribution < 1.29 is 17.6 Å². The standard InChI is InChI=1S/C17H15FN2O3S/c18-13-6-8-14(9-7-13)24(21,22)20-10-15-16(11-20)23-19-17(15)12-4-2-1-3-5-12/h1-9,15-16H,10-11H2. The SMILES string of the molecule is O=S(=O)(c1ccc(F)cc1)N1CC2ON=C(c3ccccc3)C2C1. The first-order valence-electron chi connectivity index (χ1n) is 7.60. The summed E-state index contributed by atoms with van der Waals surface area (Å²) in [7, 11) is -3.67. The fourth-order valence-electron chi connectivity index (χ4n) is 3.13. The number of hydrogen-bond acceptors (Lipinski definition) is 4. The molecular formula is C17H15FN2O3S. The first kappa shape index (κ1) is 15.3. The highest BCUT2D eigenvalue weighted by Crippen LogP contribution is 2.33. The molecule has 124 valence electrons. The predicted octanol–water partition coefficient (Wildman–Crippen LogP) is 2.25. The van der Waals surface area contributed by atoms with Crippen LogP contribution in [0.2, 0.25) is 0 Å². The summed E-state index contributed by atoms with van der Waals surface area (Å²) in [4.78, 5) is 5.53. The van der Waals surface area contributed by atoms with E-state index in [0.717, 1.165) is 23.4 Å². The van der Waals surface area contributed by atoms with Crippen molar-refractivity contribution in [2.75, 3.05) is 13.1 Å². The van der Waals surface area contributed by atoms with E-state index in [1.807, 2.05) is 30.3 Å². The molecule has 0 bridgehead atoms. The zero-order valence-electron chi connectivity index (χ0n) is 12.7. The minimum Gasteiger partial charge on any atom is -0.390 e. The molecule has 5 nitrogen and oxygen atoms in total. The van der Waals surface area contributed by atoms with E-state index in [1.54, 1.807) is 0 Å². The summed E-state index contributed by atoms with van der Waals surface area (Å²) < 4.78 is 39.9. The number of rotatable bonds is 3. The summed E-state index contributed by atoms with van der Waals surface area (Å²) in [5.74, 6) is -0.559. The van der Waals surface area contributed by atoms with Crippen molar-refractivity contribution in [3.63, 3.8) is 0 Å². The van der Waals surface area contributed by atoms with Crippen LogP contribution in [0.25, 0.3) is 0 Å².